The van der Waals surface area contributed by atoms with Gasteiger partial charge < -0.3 is 35.4 Å². The molecule has 0 spiro atoms. The highest BCUT2D eigenvalue weighted by Crippen LogP contribution is 2.55. The molecule has 3 aromatic carbocycles. The van der Waals surface area contributed by atoms with E-state index >= 15 is 0 Å². The molecule has 0 aliphatic rings. The lowest BCUT2D eigenvalue weighted by molar-refractivity contribution is -0.138. The van der Waals surface area contributed by atoms with E-state index in [1.54, 1.807) is 0 Å². The van der Waals surface area contributed by atoms with Crippen LogP contribution in [0.25, 0.3) is 0 Å². The summed E-state index contributed by atoms with van der Waals surface area (Å²) in [4.78, 5) is 36.0. The van der Waals surface area contributed by atoms with E-state index in [0.29, 0.717) is 6.42 Å². The summed E-state index contributed by atoms with van der Waals surface area (Å²) < 4.78 is 6.85. The highest BCUT2D eigenvalue weighted by molar-refractivity contribution is 7.80. The van der Waals surface area contributed by atoms with Crippen molar-refractivity contribution in [2.45, 2.75) is 188 Å². The highest BCUT2D eigenvalue weighted by Gasteiger charge is 2.52. The van der Waals surface area contributed by atoms with Crippen LogP contribution < -0.4 is 0 Å². The molecule has 10 nitrogen and oxygen atoms in total. The lowest BCUT2D eigenvalue weighted by atomic mass is 9.57. The Morgan fingerprint density at radius 3 is 1.16 bits per heavy atom. The maximum atomic E-state index is 12.0. The molecular weight excluding hydrogens is 865 g/mol. The topological polar surface area (TPSA) is 182 Å². The minimum absolute atomic E-state index is 0.0273. The molecule has 0 saturated heterocycles. The molecule has 3 aromatic rings. The van der Waals surface area contributed by atoms with E-state index in [2.05, 4.69) is 57.2 Å². The highest BCUT2D eigenvalue weighted by atomic mass is 32.1. The normalized spacial score (nSPS) is 14.5. The van der Waals surface area contributed by atoms with Gasteiger partial charge in [0.1, 0.15) is 6.61 Å². The second-order valence-electron chi connectivity index (χ2n) is 20.0. The van der Waals surface area contributed by atoms with Gasteiger partial charge in [0.05, 0.1) is 49.9 Å². The third-order valence-electron chi connectivity index (χ3n) is 14.2. The van der Waals surface area contributed by atoms with Gasteiger partial charge in [-0.2, -0.15) is 0 Å². The number of carbonyl (C=O) groups is 3. The lowest BCUT2D eigenvalue weighted by Gasteiger charge is -2.47. The fourth-order valence-electron chi connectivity index (χ4n) is 10.6. The molecule has 0 heterocycles. The van der Waals surface area contributed by atoms with E-state index in [1.165, 1.54) is 38.5 Å². The molecule has 4 atom stereocenters. The second-order valence-corrected chi connectivity index (χ2v) is 20.4. The molecular formula is C56H82O10S. The Balaban J connectivity index is 2.60. The van der Waals surface area contributed by atoms with E-state index < -0.39 is 54.5 Å². The first kappa shape index (κ1) is 57.2. The average Bonchev–Trinajstić information content (AvgIpc) is 3.24. The van der Waals surface area contributed by atoms with Crippen LogP contribution in [0.1, 0.15) is 208 Å². The third-order valence-corrected chi connectivity index (χ3v) is 14.7. The number of aryl methyl sites for hydroxylation is 6. The Hall–Kier alpha value is -4.16. The predicted molar refractivity (Wildman–Crippen MR) is 272 cm³/mol. The van der Waals surface area contributed by atoms with Gasteiger partial charge in [0.25, 0.3) is 0 Å². The standard InChI is InChI=1S/C56H82O10S/c1-11-12-13-14-15-16-17-18-19-20-21-47(51-38(5)22-44(23-39(51)6)35(2)28-48(60)61)56(54(67)66-34-55(31-57,32-58)33-59,52-40(7)24-45(25-41(52)8)36(3)29-49(62)63)53-42(9)26-46(27-43(53)10)37(4)30-50(64)65/h22-27,35-37,47,57-59H,11-21,28-34H2,1-10H3,(H,60,61)(H,62,63)(H,64,65). The van der Waals surface area contributed by atoms with E-state index in [4.69, 9.17) is 17.0 Å². The molecule has 11 heteroatoms. The quantitative estimate of drug-likeness (QED) is 0.0276. The van der Waals surface area contributed by atoms with E-state index in [1.807, 2.05) is 48.5 Å². The molecule has 0 radical (unpaired) electrons. The third kappa shape index (κ3) is 14.7. The molecule has 6 N–H and O–H groups in total. The molecule has 0 bridgehead atoms. The summed E-state index contributed by atoms with van der Waals surface area (Å²) in [7, 11) is 0. The number of benzene rings is 3. The van der Waals surface area contributed by atoms with Gasteiger partial charge in [-0.25, -0.2) is 0 Å². The summed E-state index contributed by atoms with van der Waals surface area (Å²) in [6.07, 6.45) is 11.9. The van der Waals surface area contributed by atoms with Gasteiger partial charge in [0.2, 0.25) is 0 Å². The van der Waals surface area contributed by atoms with Crippen LogP contribution in [-0.4, -0.2) is 80.0 Å². The number of aliphatic hydroxyl groups excluding tert-OH is 3. The van der Waals surface area contributed by atoms with Crippen LogP contribution in [0.3, 0.4) is 0 Å². The van der Waals surface area contributed by atoms with Crippen LogP contribution in [0.4, 0.5) is 0 Å². The van der Waals surface area contributed by atoms with Gasteiger partial charge in [-0.3, -0.25) is 14.4 Å². The number of carboxylic acid groups (broad SMARTS) is 3. The number of aliphatic carboxylic acids is 3. The van der Waals surface area contributed by atoms with Gasteiger partial charge >= 0.3 is 17.9 Å². The van der Waals surface area contributed by atoms with Crippen molar-refractivity contribution in [3.8, 4) is 0 Å². The van der Waals surface area contributed by atoms with Crippen molar-refractivity contribution in [1.29, 1.82) is 0 Å². The van der Waals surface area contributed by atoms with Gasteiger partial charge in [0.15, 0.2) is 5.05 Å². The Kier molecular flexibility index (Phi) is 22.7. The molecule has 0 aliphatic carbocycles. The number of carboxylic acids is 3. The van der Waals surface area contributed by atoms with Crippen LogP contribution in [0.2, 0.25) is 0 Å². The summed E-state index contributed by atoms with van der Waals surface area (Å²) in [5.41, 5.74) is 8.14. The van der Waals surface area contributed by atoms with E-state index in [9.17, 15) is 45.0 Å². The van der Waals surface area contributed by atoms with E-state index in [0.717, 1.165) is 92.4 Å². The van der Waals surface area contributed by atoms with E-state index in [-0.39, 0.29) is 48.7 Å². The summed E-state index contributed by atoms with van der Waals surface area (Å²) in [5, 5.41) is 61.4. The Labute approximate surface area is 406 Å². The Morgan fingerprint density at radius 1 is 0.537 bits per heavy atom. The minimum atomic E-state index is -1.42. The first-order chi connectivity index (χ1) is 31.6. The molecule has 0 aliphatic heterocycles. The Morgan fingerprint density at radius 2 is 0.851 bits per heavy atom. The van der Waals surface area contributed by atoms with Crippen molar-refractivity contribution >= 4 is 35.2 Å². The Bertz CT molecular complexity index is 1980. The summed E-state index contributed by atoms with van der Waals surface area (Å²) in [6, 6.07) is 12.4. The number of hydrogen-bond donors (Lipinski definition) is 6. The van der Waals surface area contributed by atoms with Gasteiger partial charge in [-0.15, -0.1) is 0 Å². The maximum Gasteiger partial charge on any atom is 0.303 e. The summed E-state index contributed by atoms with van der Waals surface area (Å²) in [5.74, 6) is -3.94. The van der Waals surface area contributed by atoms with Crippen molar-refractivity contribution < 1.29 is 49.8 Å². The molecule has 4 unspecified atom stereocenters. The summed E-state index contributed by atoms with van der Waals surface area (Å²) in [6.45, 7) is 18.2. The minimum Gasteiger partial charge on any atom is -0.485 e. The monoisotopic (exact) mass is 947 g/mol. The van der Waals surface area contributed by atoms with Crippen molar-refractivity contribution in [3.63, 3.8) is 0 Å². The number of rotatable bonds is 30. The van der Waals surface area contributed by atoms with Crippen molar-refractivity contribution in [1.82, 2.24) is 0 Å². The van der Waals surface area contributed by atoms with Crippen LogP contribution in [0, 0.1) is 47.0 Å². The zero-order valence-corrected chi connectivity index (χ0v) is 43.0. The smallest absolute Gasteiger partial charge is 0.303 e. The number of unbranched alkanes of at least 4 members (excludes halogenated alkanes) is 9. The second kappa shape index (κ2) is 26.6. The van der Waals surface area contributed by atoms with Crippen LogP contribution in [0.5, 0.6) is 0 Å². The van der Waals surface area contributed by atoms with Crippen molar-refractivity contribution in [3.05, 3.63) is 103 Å². The average molecular weight is 947 g/mol. The molecule has 0 amide bonds. The lowest BCUT2D eigenvalue weighted by Crippen LogP contribution is -2.48. The first-order valence-corrected chi connectivity index (χ1v) is 25.0. The SMILES string of the molecule is CCCCCCCCCCCCC(c1c(C)cc(C(C)CC(=O)O)cc1C)C(C(=S)OCC(CO)(CO)CO)(c1c(C)cc(C(C)CC(=O)O)cc1C)c1c(C)cc(C(C)CC(=O)O)cc1C. The number of aliphatic hydroxyl groups is 3. The van der Waals surface area contributed by atoms with Crippen molar-refractivity contribution in [2.75, 3.05) is 26.4 Å². The molecule has 0 fully saturated rings. The van der Waals surface area contributed by atoms with Crippen LogP contribution >= 0.6 is 12.2 Å². The molecule has 0 aromatic heterocycles. The fourth-order valence-corrected chi connectivity index (χ4v) is 11.0. The zero-order valence-electron chi connectivity index (χ0n) is 42.2. The van der Waals surface area contributed by atoms with Gasteiger partial charge in [0, 0.05) is 5.92 Å². The molecule has 372 valence electrons. The zero-order chi connectivity index (χ0) is 50.2. The number of hydrogen-bond acceptors (Lipinski definition) is 8. The van der Waals surface area contributed by atoms with Gasteiger partial charge in [-0.05, 0) is 145 Å². The molecule has 67 heavy (non-hydrogen) atoms. The number of ether oxygens (including phenoxy) is 1. The molecule has 3 rings (SSSR count). The predicted octanol–water partition coefficient (Wildman–Crippen LogP) is 12.0. The van der Waals surface area contributed by atoms with Crippen molar-refractivity contribution in [2.24, 2.45) is 5.41 Å². The summed E-state index contributed by atoms with van der Waals surface area (Å²) >= 11 is 6.75. The maximum absolute atomic E-state index is 12.0. The first-order valence-electron chi connectivity index (χ1n) is 24.6. The number of thiocarbonyl (C=S) groups is 1. The van der Waals surface area contributed by atoms with Gasteiger partial charge in [-0.1, -0.05) is 128 Å². The van der Waals surface area contributed by atoms with Crippen LogP contribution in [-0.2, 0) is 24.5 Å². The largest absolute Gasteiger partial charge is 0.485 e. The fraction of sp³-hybridized carbons (Fsp3) is 0.607. The van der Waals surface area contributed by atoms with Crippen LogP contribution in [0.15, 0.2) is 36.4 Å². The molecule has 0 saturated carbocycles.